The van der Waals surface area contributed by atoms with Crippen molar-refractivity contribution in [3.05, 3.63) is 35.4 Å². The van der Waals surface area contributed by atoms with Gasteiger partial charge in [-0.05, 0) is 18.6 Å². The summed E-state index contributed by atoms with van der Waals surface area (Å²) in [6.07, 6.45) is 1.56. The number of hydrogen-bond acceptors (Lipinski definition) is 4. The van der Waals surface area contributed by atoms with Crippen molar-refractivity contribution < 1.29 is 13.2 Å². The van der Waals surface area contributed by atoms with Gasteiger partial charge < -0.3 is 11.1 Å². The Labute approximate surface area is 119 Å². The van der Waals surface area contributed by atoms with Gasteiger partial charge in [0.25, 0.3) is 5.91 Å². The zero-order valence-corrected chi connectivity index (χ0v) is 12.2. The van der Waals surface area contributed by atoms with Crippen LogP contribution in [0.15, 0.2) is 24.3 Å². The molecule has 3 N–H and O–H groups in total. The summed E-state index contributed by atoms with van der Waals surface area (Å²) in [5.74, 6) is 5.34. The molecule has 0 aromatic heterocycles. The molecule has 5 nitrogen and oxygen atoms in total. The summed E-state index contributed by atoms with van der Waals surface area (Å²) in [7, 11) is -2.99. The number of rotatable bonds is 5. The lowest BCUT2D eigenvalue weighted by Crippen LogP contribution is -2.26. The third-order valence-electron chi connectivity index (χ3n) is 2.47. The van der Waals surface area contributed by atoms with Gasteiger partial charge in [0.05, 0.1) is 17.9 Å². The number of nitrogens with two attached hydrogens (primary N) is 1. The van der Waals surface area contributed by atoms with Gasteiger partial charge in [-0.3, -0.25) is 4.79 Å². The average molecular weight is 294 g/mol. The molecule has 0 saturated carbocycles. The SMILES string of the molecule is CS(=O)(=O)CCCNC(=O)c1ccccc1C#CCN. The van der Waals surface area contributed by atoms with Crippen molar-refractivity contribution in [2.75, 3.05) is 25.1 Å². The fourth-order valence-corrected chi connectivity index (χ4v) is 2.24. The van der Waals surface area contributed by atoms with Crippen LogP contribution in [0.1, 0.15) is 22.3 Å². The summed E-state index contributed by atoms with van der Waals surface area (Å²) in [6, 6.07) is 6.96. The molecule has 0 aliphatic carbocycles. The Morgan fingerprint density at radius 2 is 2.05 bits per heavy atom. The average Bonchev–Trinajstić information content (AvgIpc) is 2.40. The molecule has 1 aromatic rings. The molecule has 0 spiro atoms. The second-order valence-electron chi connectivity index (χ2n) is 4.29. The predicted molar refractivity (Wildman–Crippen MR) is 79.0 cm³/mol. The highest BCUT2D eigenvalue weighted by Crippen LogP contribution is 2.07. The maximum absolute atomic E-state index is 12.0. The Morgan fingerprint density at radius 1 is 1.35 bits per heavy atom. The van der Waals surface area contributed by atoms with E-state index in [1.54, 1.807) is 24.3 Å². The number of nitrogens with one attached hydrogen (secondary N) is 1. The van der Waals surface area contributed by atoms with E-state index in [0.717, 1.165) is 0 Å². The Morgan fingerprint density at radius 3 is 2.70 bits per heavy atom. The lowest BCUT2D eigenvalue weighted by Gasteiger charge is -2.06. The van der Waals surface area contributed by atoms with E-state index in [1.807, 2.05) is 0 Å². The van der Waals surface area contributed by atoms with Gasteiger partial charge in [-0.1, -0.05) is 24.0 Å². The Kier molecular flexibility index (Phi) is 6.22. The number of carbonyl (C=O) groups is 1. The van der Waals surface area contributed by atoms with E-state index in [2.05, 4.69) is 17.2 Å². The first-order chi connectivity index (χ1) is 9.44. The van der Waals surface area contributed by atoms with Gasteiger partial charge in [0.15, 0.2) is 0 Å². The largest absolute Gasteiger partial charge is 0.352 e. The molecule has 0 bridgehead atoms. The minimum Gasteiger partial charge on any atom is -0.352 e. The van der Waals surface area contributed by atoms with E-state index in [-0.39, 0.29) is 18.2 Å². The molecule has 108 valence electrons. The number of hydrogen-bond donors (Lipinski definition) is 2. The summed E-state index contributed by atoms with van der Waals surface area (Å²) >= 11 is 0. The Hall–Kier alpha value is -1.84. The molecule has 20 heavy (non-hydrogen) atoms. The molecule has 0 heterocycles. The maximum atomic E-state index is 12.0. The summed E-state index contributed by atoms with van der Waals surface area (Å²) < 4.78 is 22.0. The maximum Gasteiger partial charge on any atom is 0.252 e. The monoisotopic (exact) mass is 294 g/mol. The second-order valence-corrected chi connectivity index (χ2v) is 6.55. The molecule has 0 aliphatic heterocycles. The third kappa shape index (κ3) is 5.87. The summed E-state index contributed by atoms with van der Waals surface area (Å²) in [5.41, 5.74) is 6.39. The standard InChI is InChI=1S/C14H18N2O3S/c1-20(18,19)11-5-10-16-14(17)13-8-3-2-6-12(13)7-4-9-15/h2-3,6,8H,5,9-11,15H2,1H3,(H,16,17). The van der Waals surface area contributed by atoms with Gasteiger partial charge in [0, 0.05) is 18.4 Å². The highest BCUT2D eigenvalue weighted by molar-refractivity contribution is 7.90. The van der Waals surface area contributed by atoms with Crippen LogP contribution in [0.3, 0.4) is 0 Å². The number of carbonyl (C=O) groups excluding carboxylic acids is 1. The minimum absolute atomic E-state index is 0.0574. The van der Waals surface area contributed by atoms with Crippen LogP contribution in [0.25, 0.3) is 0 Å². The lowest BCUT2D eigenvalue weighted by molar-refractivity contribution is 0.0953. The highest BCUT2D eigenvalue weighted by Gasteiger charge is 2.09. The number of amides is 1. The third-order valence-corrected chi connectivity index (χ3v) is 3.50. The van der Waals surface area contributed by atoms with Crippen molar-refractivity contribution in [1.29, 1.82) is 0 Å². The highest BCUT2D eigenvalue weighted by atomic mass is 32.2. The molecule has 6 heteroatoms. The Balaban J connectivity index is 2.64. The van der Waals surface area contributed by atoms with Crippen molar-refractivity contribution >= 4 is 15.7 Å². The van der Waals surface area contributed by atoms with Crippen LogP contribution < -0.4 is 11.1 Å². The second kappa shape index (κ2) is 7.68. The Bertz CT molecular complexity index is 627. The van der Waals surface area contributed by atoms with E-state index >= 15 is 0 Å². The van der Waals surface area contributed by atoms with Gasteiger partial charge in [-0.25, -0.2) is 8.42 Å². The van der Waals surface area contributed by atoms with Gasteiger partial charge >= 0.3 is 0 Å². The summed E-state index contributed by atoms with van der Waals surface area (Å²) in [5, 5.41) is 2.69. The van der Waals surface area contributed by atoms with Crippen molar-refractivity contribution in [3.8, 4) is 11.8 Å². The van der Waals surface area contributed by atoms with E-state index in [1.165, 1.54) is 6.26 Å². The first kappa shape index (κ1) is 16.2. The van der Waals surface area contributed by atoms with Crippen molar-refractivity contribution in [2.24, 2.45) is 5.73 Å². The van der Waals surface area contributed by atoms with Crippen molar-refractivity contribution in [3.63, 3.8) is 0 Å². The minimum atomic E-state index is -2.99. The van der Waals surface area contributed by atoms with Crippen LogP contribution in [0, 0.1) is 11.8 Å². The van der Waals surface area contributed by atoms with Crippen LogP contribution in [-0.2, 0) is 9.84 Å². The van der Waals surface area contributed by atoms with Gasteiger partial charge in [0.2, 0.25) is 0 Å². The van der Waals surface area contributed by atoms with Crippen LogP contribution in [0.2, 0.25) is 0 Å². The zero-order valence-electron chi connectivity index (χ0n) is 11.3. The lowest BCUT2D eigenvalue weighted by atomic mass is 10.1. The molecule has 0 aliphatic rings. The molecule has 1 amide bonds. The smallest absolute Gasteiger partial charge is 0.252 e. The first-order valence-corrected chi connectivity index (χ1v) is 8.24. The van der Waals surface area contributed by atoms with E-state index in [0.29, 0.717) is 24.1 Å². The predicted octanol–water partition coefficient (Wildman–Crippen LogP) is 0.161. The quantitative estimate of drug-likeness (QED) is 0.598. The molecule has 1 rings (SSSR count). The van der Waals surface area contributed by atoms with Crippen LogP contribution in [-0.4, -0.2) is 39.4 Å². The van der Waals surface area contributed by atoms with Crippen molar-refractivity contribution in [1.82, 2.24) is 5.32 Å². The molecular weight excluding hydrogens is 276 g/mol. The van der Waals surface area contributed by atoms with E-state index < -0.39 is 9.84 Å². The molecule has 0 saturated heterocycles. The van der Waals surface area contributed by atoms with Crippen LogP contribution in [0.5, 0.6) is 0 Å². The normalized spacial score (nSPS) is 10.5. The molecule has 0 unspecified atom stereocenters. The van der Waals surface area contributed by atoms with E-state index in [9.17, 15) is 13.2 Å². The van der Waals surface area contributed by atoms with Crippen LogP contribution >= 0.6 is 0 Å². The summed E-state index contributed by atoms with van der Waals surface area (Å²) in [6.45, 7) is 0.537. The zero-order chi connectivity index (χ0) is 15.0. The van der Waals surface area contributed by atoms with Crippen LogP contribution in [0.4, 0.5) is 0 Å². The van der Waals surface area contributed by atoms with E-state index in [4.69, 9.17) is 5.73 Å². The molecule has 0 radical (unpaired) electrons. The topological polar surface area (TPSA) is 89.3 Å². The number of benzene rings is 1. The van der Waals surface area contributed by atoms with Crippen molar-refractivity contribution in [2.45, 2.75) is 6.42 Å². The summed E-state index contributed by atoms with van der Waals surface area (Å²) in [4.78, 5) is 12.0. The fourth-order valence-electron chi connectivity index (χ4n) is 1.57. The molecule has 0 fully saturated rings. The van der Waals surface area contributed by atoms with Gasteiger partial charge in [-0.15, -0.1) is 0 Å². The van der Waals surface area contributed by atoms with Gasteiger partial charge in [0.1, 0.15) is 9.84 Å². The molecule has 1 aromatic carbocycles. The number of sulfone groups is 1. The fraction of sp³-hybridized carbons (Fsp3) is 0.357. The first-order valence-electron chi connectivity index (χ1n) is 6.18. The molecular formula is C14H18N2O3S. The molecule has 0 atom stereocenters. The van der Waals surface area contributed by atoms with Gasteiger partial charge in [-0.2, -0.15) is 0 Å².